The molecule has 5 heteroatoms. The van der Waals surface area contributed by atoms with Crippen molar-refractivity contribution >= 4 is 6.03 Å². The summed E-state index contributed by atoms with van der Waals surface area (Å²) in [6, 6.07) is -0.0745. The number of amides is 2. The topological polar surface area (TPSA) is 61.8 Å². The van der Waals surface area contributed by atoms with E-state index in [9.17, 15) is 9.90 Å². The van der Waals surface area contributed by atoms with E-state index in [0.29, 0.717) is 6.54 Å². The maximum Gasteiger partial charge on any atom is 0.318 e. The second-order valence-corrected chi connectivity index (χ2v) is 5.23. The van der Waals surface area contributed by atoms with E-state index >= 15 is 0 Å². The van der Waals surface area contributed by atoms with Crippen molar-refractivity contribution in [2.24, 2.45) is 0 Å². The maximum atomic E-state index is 12.0. The third-order valence-electron chi connectivity index (χ3n) is 3.84. The number of ether oxygens (including phenoxy) is 1. The van der Waals surface area contributed by atoms with E-state index in [1.54, 1.807) is 4.90 Å². The molecule has 0 aromatic heterocycles. The molecule has 17 heavy (non-hydrogen) atoms. The Bertz CT molecular complexity index is 279. The van der Waals surface area contributed by atoms with Gasteiger partial charge in [-0.3, -0.25) is 0 Å². The molecule has 0 spiro atoms. The average Bonchev–Trinajstić information content (AvgIpc) is 2.95. The number of aliphatic hydroxyl groups excluding tert-OH is 1. The van der Waals surface area contributed by atoms with Crippen LogP contribution in [0, 0.1) is 0 Å². The predicted octanol–water partition coefficient (Wildman–Crippen LogP) is 0.722. The largest absolute Gasteiger partial charge is 0.394 e. The number of carbonyl (C=O) groups is 1. The second kappa shape index (κ2) is 5.23. The molecule has 0 aliphatic carbocycles. The minimum atomic E-state index is -0.388. The zero-order valence-corrected chi connectivity index (χ0v) is 10.4. The number of hydrogen-bond donors (Lipinski definition) is 2. The van der Waals surface area contributed by atoms with Crippen LogP contribution in [0.25, 0.3) is 0 Å². The fourth-order valence-corrected chi connectivity index (χ4v) is 2.64. The Kier molecular flexibility index (Phi) is 3.89. The summed E-state index contributed by atoms with van der Waals surface area (Å²) in [4.78, 5) is 13.8. The van der Waals surface area contributed by atoms with E-state index in [4.69, 9.17) is 4.74 Å². The summed E-state index contributed by atoms with van der Waals surface area (Å²) < 4.78 is 5.46. The summed E-state index contributed by atoms with van der Waals surface area (Å²) in [5, 5.41) is 12.3. The molecule has 0 saturated carbocycles. The molecule has 2 heterocycles. The highest BCUT2D eigenvalue weighted by Crippen LogP contribution is 2.28. The van der Waals surface area contributed by atoms with E-state index < -0.39 is 0 Å². The normalized spacial score (nSPS) is 33.1. The van der Waals surface area contributed by atoms with Gasteiger partial charge < -0.3 is 20.1 Å². The molecule has 0 aromatic carbocycles. The Balaban J connectivity index is 1.82. The van der Waals surface area contributed by atoms with Gasteiger partial charge in [0.05, 0.1) is 18.2 Å². The number of carbonyl (C=O) groups excluding carboxylic acids is 1. The Labute approximate surface area is 102 Å². The molecule has 5 nitrogen and oxygen atoms in total. The van der Waals surface area contributed by atoms with E-state index in [2.05, 4.69) is 5.32 Å². The number of aliphatic hydroxyl groups is 1. The van der Waals surface area contributed by atoms with Gasteiger partial charge in [-0.15, -0.1) is 0 Å². The first-order valence-corrected chi connectivity index (χ1v) is 6.44. The lowest BCUT2D eigenvalue weighted by Crippen LogP contribution is -2.52. The van der Waals surface area contributed by atoms with E-state index in [1.807, 2.05) is 6.92 Å². The van der Waals surface area contributed by atoms with Gasteiger partial charge in [-0.25, -0.2) is 4.79 Å². The van der Waals surface area contributed by atoms with Crippen molar-refractivity contribution < 1.29 is 14.6 Å². The Morgan fingerprint density at radius 1 is 1.59 bits per heavy atom. The standard InChI is InChI=1S/C12H22N2O3/c1-12(9-15)5-3-6-14(12)11(16)13-8-10-4-2-7-17-10/h10,15H,2-9H2,1H3,(H,13,16)/t10-,12+/m0/s1. The molecule has 2 fully saturated rings. The molecule has 2 amide bonds. The zero-order valence-electron chi connectivity index (χ0n) is 10.4. The van der Waals surface area contributed by atoms with Gasteiger partial charge in [-0.2, -0.15) is 0 Å². The first kappa shape index (κ1) is 12.6. The fourth-order valence-electron chi connectivity index (χ4n) is 2.64. The summed E-state index contributed by atoms with van der Waals surface area (Å²) in [6.07, 6.45) is 4.11. The van der Waals surface area contributed by atoms with Crippen LogP contribution in [0.1, 0.15) is 32.6 Å². The molecule has 0 unspecified atom stereocenters. The lowest BCUT2D eigenvalue weighted by molar-refractivity contribution is 0.0876. The predicted molar refractivity (Wildman–Crippen MR) is 63.8 cm³/mol. The third kappa shape index (κ3) is 2.72. The van der Waals surface area contributed by atoms with Gasteiger partial charge in [0.1, 0.15) is 0 Å². The molecule has 2 aliphatic rings. The van der Waals surface area contributed by atoms with E-state index in [0.717, 1.165) is 38.8 Å². The van der Waals surface area contributed by atoms with Crippen LogP contribution in [-0.2, 0) is 4.74 Å². The van der Waals surface area contributed by atoms with Crippen molar-refractivity contribution in [3.63, 3.8) is 0 Å². The summed E-state index contributed by atoms with van der Waals surface area (Å²) in [7, 11) is 0. The summed E-state index contributed by atoms with van der Waals surface area (Å²) in [6.45, 7) is 4.08. The fraction of sp³-hybridized carbons (Fsp3) is 0.917. The number of nitrogens with one attached hydrogen (secondary N) is 1. The maximum absolute atomic E-state index is 12.0. The van der Waals surface area contributed by atoms with Gasteiger partial charge in [-0.1, -0.05) is 0 Å². The average molecular weight is 242 g/mol. The number of urea groups is 1. The molecule has 0 aromatic rings. The first-order chi connectivity index (χ1) is 8.15. The number of hydrogen-bond acceptors (Lipinski definition) is 3. The van der Waals surface area contributed by atoms with Crippen molar-refractivity contribution in [3.8, 4) is 0 Å². The van der Waals surface area contributed by atoms with Crippen molar-refractivity contribution in [2.45, 2.75) is 44.2 Å². The van der Waals surface area contributed by atoms with Gasteiger partial charge in [0, 0.05) is 19.7 Å². The Morgan fingerprint density at radius 3 is 3.06 bits per heavy atom. The van der Waals surface area contributed by atoms with Crippen molar-refractivity contribution in [2.75, 3.05) is 26.3 Å². The van der Waals surface area contributed by atoms with Gasteiger partial charge in [-0.05, 0) is 32.6 Å². The molecule has 98 valence electrons. The van der Waals surface area contributed by atoms with Crippen LogP contribution in [0.15, 0.2) is 0 Å². The van der Waals surface area contributed by atoms with Crippen LogP contribution >= 0.6 is 0 Å². The van der Waals surface area contributed by atoms with Crippen LogP contribution in [0.4, 0.5) is 4.79 Å². The summed E-state index contributed by atoms with van der Waals surface area (Å²) >= 11 is 0. The quantitative estimate of drug-likeness (QED) is 0.766. The molecule has 0 bridgehead atoms. The van der Waals surface area contributed by atoms with Gasteiger partial charge in [0.25, 0.3) is 0 Å². The molecule has 2 atom stereocenters. The van der Waals surface area contributed by atoms with Crippen molar-refractivity contribution in [1.82, 2.24) is 10.2 Å². The Hall–Kier alpha value is -0.810. The van der Waals surface area contributed by atoms with Gasteiger partial charge in [0.15, 0.2) is 0 Å². The highest BCUT2D eigenvalue weighted by Gasteiger charge is 2.39. The molecule has 0 radical (unpaired) electrons. The van der Waals surface area contributed by atoms with Crippen LogP contribution in [0.5, 0.6) is 0 Å². The third-order valence-corrected chi connectivity index (χ3v) is 3.84. The lowest BCUT2D eigenvalue weighted by Gasteiger charge is -2.33. The van der Waals surface area contributed by atoms with E-state index in [1.165, 1.54) is 0 Å². The smallest absolute Gasteiger partial charge is 0.318 e. The highest BCUT2D eigenvalue weighted by atomic mass is 16.5. The van der Waals surface area contributed by atoms with E-state index in [-0.39, 0.29) is 24.3 Å². The molecular weight excluding hydrogens is 220 g/mol. The van der Waals surface area contributed by atoms with Gasteiger partial charge >= 0.3 is 6.03 Å². The first-order valence-electron chi connectivity index (χ1n) is 6.44. The SMILES string of the molecule is C[C@]1(CO)CCCN1C(=O)NC[C@@H]1CCCO1. The zero-order chi connectivity index (χ0) is 12.3. The molecule has 2 aliphatic heterocycles. The minimum absolute atomic E-state index is 0.0281. The Morgan fingerprint density at radius 2 is 2.41 bits per heavy atom. The number of likely N-dealkylation sites (tertiary alicyclic amines) is 1. The van der Waals surface area contributed by atoms with Crippen LogP contribution in [0.3, 0.4) is 0 Å². The van der Waals surface area contributed by atoms with Crippen molar-refractivity contribution in [3.05, 3.63) is 0 Å². The minimum Gasteiger partial charge on any atom is -0.394 e. The summed E-state index contributed by atoms with van der Waals surface area (Å²) in [5.74, 6) is 0. The van der Waals surface area contributed by atoms with Crippen LogP contribution in [-0.4, -0.2) is 54.0 Å². The summed E-state index contributed by atoms with van der Waals surface area (Å²) in [5.41, 5.74) is -0.388. The van der Waals surface area contributed by atoms with Gasteiger partial charge in [0.2, 0.25) is 0 Å². The molecule has 2 N–H and O–H groups in total. The number of nitrogens with zero attached hydrogens (tertiary/aromatic N) is 1. The highest BCUT2D eigenvalue weighted by molar-refractivity contribution is 5.75. The number of rotatable bonds is 3. The monoisotopic (exact) mass is 242 g/mol. The lowest BCUT2D eigenvalue weighted by atomic mass is 10.0. The molecular formula is C12H22N2O3. The van der Waals surface area contributed by atoms with Crippen LogP contribution < -0.4 is 5.32 Å². The van der Waals surface area contributed by atoms with Crippen molar-refractivity contribution in [1.29, 1.82) is 0 Å². The second-order valence-electron chi connectivity index (χ2n) is 5.23. The van der Waals surface area contributed by atoms with Crippen LogP contribution in [0.2, 0.25) is 0 Å². The molecule has 2 rings (SSSR count). The molecule has 2 saturated heterocycles.